The van der Waals surface area contributed by atoms with Gasteiger partial charge in [0.2, 0.25) is 0 Å². The smallest absolute Gasteiger partial charge is 0.125 e. The summed E-state index contributed by atoms with van der Waals surface area (Å²) in [5.41, 5.74) is 7.95. The molecular formula is C13H10FN3. The van der Waals surface area contributed by atoms with Crippen molar-refractivity contribution >= 4 is 17.1 Å². The molecule has 0 aliphatic rings. The number of nitrogens with one attached hydrogen (secondary N) is 1. The Morgan fingerprint density at radius 1 is 1.18 bits per heavy atom. The molecule has 2 aromatic carbocycles. The number of hydrogen-bond donors (Lipinski definition) is 2. The lowest BCUT2D eigenvalue weighted by molar-refractivity contribution is 0.628. The number of nitriles is 1. The summed E-state index contributed by atoms with van der Waals surface area (Å²) < 4.78 is 13.0. The molecule has 0 saturated carbocycles. The second-order valence-electron chi connectivity index (χ2n) is 3.55. The molecule has 0 aliphatic carbocycles. The Labute approximate surface area is 98.3 Å². The second-order valence-corrected chi connectivity index (χ2v) is 3.55. The lowest BCUT2D eigenvalue weighted by Gasteiger charge is -2.09. The zero-order valence-electron chi connectivity index (χ0n) is 8.94. The molecule has 0 fully saturated rings. The molecule has 3 N–H and O–H groups in total. The van der Waals surface area contributed by atoms with E-state index in [1.165, 1.54) is 12.1 Å². The minimum absolute atomic E-state index is 0.329. The van der Waals surface area contributed by atoms with E-state index in [0.29, 0.717) is 22.6 Å². The van der Waals surface area contributed by atoms with Crippen molar-refractivity contribution in [2.45, 2.75) is 0 Å². The van der Waals surface area contributed by atoms with E-state index in [1.54, 1.807) is 30.3 Å². The highest BCUT2D eigenvalue weighted by Gasteiger charge is 2.02. The molecule has 0 unspecified atom stereocenters. The van der Waals surface area contributed by atoms with Crippen LogP contribution in [0.2, 0.25) is 0 Å². The van der Waals surface area contributed by atoms with Crippen LogP contribution in [-0.2, 0) is 0 Å². The van der Waals surface area contributed by atoms with Crippen LogP contribution in [0.5, 0.6) is 0 Å². The lowest BCUT2D eigenvalue weighted by atomic mass is 10.2. The fourth-order valence-corrected chi connectivity index (χ4v) is 1.46. The average molecular weight is 227 g/mol. The Morgan fingerprint density at radius 3 is 2.71 bits per heavy atom. The number of nitrogens with zero attached hydrogens (tertiary/aromatic N) is 1. The van der Waals surface area contributed by atoms with Gasteiger partial charge in [-0.05, 0) is 36.4 Å². The quantitative estimate of drug-likeness (QED) is 0.775. The van der Waals surface area contributed by atoms with Gasteiger partial charge in [-0.25, -0.2) is 4.39 Å². The number of hydrogen-bond acceptors (Lipinski definition) is 3. The van der Waals surface area contributed by atoms with Crippen molar-refractivity contribution in [3.8, 4) is 6.07 Å². The number of nitrogens with two attached hydrogens (primary N) is 1. The molecule has 2 rings (SSSR count). The molecule has 0 bridgehead atoms. The Bertz CT molecular complexity index is 587. The first-order valence-corrected chi connectivity index (χ1v) is 5.01. The van der Waals surface area contributed by atoms with Gasteiger partial charge in [-0.1, -0.05) is 6.07 Å². The van der Waals surface area contributed by atoms with E-state index in [9.17, 15) is 4.39 Å². The van der Waals surface area contributed by atoms with E-state index in [1.807, 2.05) is 6.07 Å². The van der Waals surface area contributed by atoms with Crippen LogP contribution < -0.4 is 11.1 Å². The van der Waals surface area contributed by atoms with Crippen LogP contribution in [0.1, 0.15) is 5.56 Å². The molecular weight excluding hydrogens is 217 g/mol. The van der Waals surface area contributed by atoms with Crippen LogP contribution in [0.4, 0.5) is 21.5 Å². The van der Waals surface area contributed by atoms with Gasteiger partial charge in [-0.3, -0.25) is 0 Å². The maximum Gasteiger partial charge on any atom is 0.125 e. The SMILES string of the molecule is N#Cc1ccc(N)c(Nc2cccc(F)c2)c1. The van der Waals surface area contributed by atoms with Crippen LogP contribution in [0.25, 0.3) is 0 Å². The molecule has 84 valence electrons. The maximum absolute atomic E-state index is 13.0. The van der Waals surface area contributed by atoms with Crippen molar-refractivity contribution in [1.29, 1.82) is 5.26 Å². The number of nitrogen functional groups attached to an aromatic ring is 1. The first kappa shape index (κ1) is 11.0. The summed E-state index contributed by atoms with van der Waals surface area (Å²) >= 11 is 0. The summed E-state index contributed by atoms with van der Waals surface area (Å²) in [6.45, 7) is 0. The van der Waals surface area contributed by atoms with Crippen molar-refractivity contribution in [1.82, 2.24) is 0 Å². The average Bonchev–Trinajstić information content (AvgIpc) is 2.32. The highest BCUT2D eigenvalue weighted by Crippen LogP contribution is 2.24. The lowest BCUT2D eigenvalue weighted by Crippen LogP contribution is -1.97. The number of benzene rings is 2. The van der Waals surface area contributed by atoms with Gasteiger partial charge in [-0.2, -0.15) is 5.26 Å². The van der Waals surface area contributed by atoms with E-state index in [4.69, 9.17) is 11.0 Å². The Balaban J connectivity index is 2.33. The molecule has 0 spiro atoms. The molecule has 3 nitrogen and oxygen atoms in total. The maximum atomic E-state index is 13.0. The molecule has 0 heterocycles. The van der Waals surface area contributed by atoms with Crippen molar-refractivity contribution in [2.24, 2.45) is 0 Å². The van der Waals surface area contributed by atoms with Gasteiger partial charge >= 0.3 is 0 Å². The predicted octanol–water partition coefficient (Wildman–Crippen LogP) is 3.02. The van der Waals surface area contributed by atoms with Crippen LogP contribution in [0.15, 0.2) is 42.5 Å². The molecule has 2 aromatic rings. The van der Waals surface area contributed by atoms with Gasteiger partial charge in [0.15, 0.2) is 0 Å². The van der Waals surface area contributed by atoms with E-state index < -0.39 is 0 Å². The number of rotatable bonds is 2. The summed E-state index contributed by atoms with van der Waals surface area (Å²) in [6.07, 6.45) is 0. The molecule has 0 radical (unpaired) electrons. The summed E-state index contributed by atoms with van der Waals surface area (Å²) in [4.78, 5) is 0. The number of halogens is 1. The normalized spacial score (nSPS) is 9.65. The molecule has 0 aliphatic heterocycles. The van der Waals surface area contributed by atoms with Crippen molar-refractivity contribution in [3.05, 3.63) is 53.8 Å². The summed E-state index contributed by atoms with van der Waals surface area (Å²) in [5, 5.41) is 11.8. The largest absolute Gasteiger partial charge is 0.397 e. The summed E-state index contributed by atoms with van der Waals surface area (Å²) in [6, 6.07) is 13.0. The third-order valence-corrected chi connectivity index (χ3v) is 2.29. The van der Waals surface area contributed by atoms with E-state index in [2.05, 4.69) is 5.32 Å². The monoisotopic (exact) mass is 227 g/mol. The zero-order valence-corrected chi connectivity index (χ0v) is 8.94. The molecule has 0 atom stereocenters. The predicted molar refractivity (Wildman–Crippen MR) is 65.3 cm³/mol. The van der Waals surface area contributed by atoms with Gasteiger partial charge in [0.05, 0.1) is 23.0 Å². The highest BCUT2D eigenvalue weighted by molar-refractivity contribution is 5.74. The topological polar surface area (TPSA) is 61.8 Å². The van der Waals surface area contributed by atoms with Gasteiger partial charge in [0.1, 0.15) is 5.82 Å². The standard InChI is InChI=1S/C13H10FN3/c14-10-2-1-3-11(7-10)17-13-6-9(8-15)4-5-12(13)16/h1-7,17H,16H2. The van der Waals surface area contributed by atoms with Gasteiger partial charge < -0.3 is 11.1 Å². The molecule has 4 heteroatoms. The van der Waals surface area contributed by atoms with Crippen molar-refractivity contribution in [3.63, 3.8) is 0 Å². The first-order valence-electron chi connectivity index (χ1n) is 5.01. The van der Waals surface area contributed by atoms with E-state index in [-0.39, 0.29) is 5.82 Å². The molecule has 17 heavy (non-hydrogen) atoms. The van der Waals surface area contributed by atoms with Crippen LogP contribution in [0.3, 0.4) is 0 Å². The third kappa shape index (κ3) is 2.52. The van der Waals surface area contributed by atoms with Crippen molar-refractivity contribution < 1.29 is 4.39 Å². The highest BCUT2D eigenvalue weighted by atomic mass is 19.1. The summed E-state index contributed by atoms with van der Waals surface area (Å²) in [7, 11) is 0. The zero-order chi connectivity index (χ0) is 12.3. The third-order valence-electron chi connectivity index (χ3n) is 2.29. The molecule has 0 aromatic heterocycles. The van der Waals surface area contributed by atoms with Gasteiger partial charge in [0, 0.05) is 5.69 Å². The Hall–Kier alpha value is -2.54. The second kappa shape index (κ2) is 4.54. The van der Waals surface area contributed by atoms with Crippen LogP contribution >= 0.6 is 0 Å². The van der Waals surface area contributed by atoms with Crippen LogP contribution in [-0.4, -0.2) is 0 Å². The minimum atomic E-state index is -0.329. The van der Waals surface area contributed by atoms with E-state index in [0.717, 1.165) is 0 Å². The van der Waals surface area contributed by atoms with E-state index >= 15 is 0 Å². The minimum Gasteiger partial charge on any atom is -0.397 e. The summed E-state index contributed by atoms with van der Waals surface area (Å²) in [5.74, 6) is -0.329. The van der Waals surface area contributed by atoms with Gasteiger partial charge in [0.25, 0.3) is 0 Å². The number of anilines is 3. The molecule has 0 amide bonds. The van der Waals surface area contributed by atoms with Crippen molar-refractivity contribution in [2.75, 3.05) is 11.1 Å². The molecule has 0 saturated heterocycles. The Morgan fingerprint density at radius 2 is 2.00 bits per heavy atom. The van der Waals surface area contributed by atoms with Gasteiger partial charge in [-0.15, -0.1) is 0 Å². The fraction of sp³-hybridized carbons (Fsp3) is 0. The van der Waals surface area contributed by atoms with Crippen LogP contribution in [0, 0.1) is 17.1 Å². The Kier molecular flexibility index (Phi) is 2.93. The fourth-order valence-electron chi connectivity index (χ4n) is 1.46. The first-order chi connectivity index (χ1) is 8.19.